The molecule has 2 aromatic rings. The summed E-state index contributed by atoms with van der Waals surface area (Å²) in [4.78, 5) is 22.9. The third-order valence-electron chi connectivity index (χ3n) is 4.88. The van der Waals surface area contributed by atoms with E-state index in [9.17, 15) is 9.90 Å². The van der Waals surface area contributed by atoms with E-state index in [-0.39, 0.29) is 18.0 Å². The third-order valence-corrected chi connectivity index (χ3v) is 4.88. The first-order valence-electron chi connectivity index (χ1n) is 9.55. The number of aliphatic hydroxyl groups is 1. The summed E-state index contributed by atoms with van der Waals surface area (Å²) in [5.41, 5.74) is 2.31. The standard InChI is InChI=1S/C19H28N6O3/c1-11(2)22-19-20-7-14(8-21-19)18(27)23-16-5-6-25(10-17(16)26)9-15-12(3)24-28-13(15)4/h7-8,11,16-17,26H,5-6,9-10H2,1-4H3,(H,23,27)(H,20,21,22)/t16-,17-/m1/s1. The zero-order valence-corrected chi connectivity index (χ0v) is 16.8. The van der Waals surface area contributed by atoms with E-state index in [0.29, 0.717) is 31.0 Å². The summed E-state index contributed by atoms with van der Waals surface area (Å²) in [6.07, 6.45) is 2.99. The number of anilines is 1. The molecule has 0 radical (unpaired) electrons. The number of piperidine rings is 1. The smallest absolute Gasteiger partial charge is 0.254 e. The molecule has 9 nitrogen and oxygen atoms in total. The van der Waals surface area contributed by atoms with Crippen molar-refractivity contribution < 1.29 is 14.4 Å². The Labute approximate surface area is 164 Å². The van der Waals surface area contributed by atoms with Crippen molar-refractivity contribution in [3.63, 3.8) is 0 Å². The number of aliphatic hydroxyl groups excluding tert-OH is 1. The van der Waals surface area contributed by atoms with Gasteiger partial charge in [-0.1, -0.05) is 5.16 Å². The lowest BCUT2D eigenvalue weighted by Gasteiger charge is -2.36. The maximum absolute atomic E-state index is 12.5. The number of β-amino-alcohol motifs (C(OH)–C–C–N with tert-alkyl or cyclic N) is 1. The van der Waals surface area contributed by atoms with Gasteiger partial charge in [-0.3, -0.25) is 9.69 Å². The summed E-state index contributed by atoms with van der Waals surface area (Å²) in [6, 6.07) is -0.0905. The van der Waals surface area contributed by atoms with E-state index in [1.54, 1.807) is 0 Å². The fourth-order valence-corrected chi connectivity index (χ4v) is 3.29. The number of nitrogens with zero attached hydrogens (tertiary/aromatic N) is 4. The van der Waals surface area contributed by atoms with Crippen molar-refractivity contribution in [2.45, 2.75) is 58.8 Å². The van der Waals surface area contributed by atoms with Crippen LogP contribution in [0.15, 0.2) is 16.9 Å². The lowest BCUT2D eigenvalue weighted by Crippen LogP contribution is -2.53. The highest BCUT2D eigenvalue weighted by Crippen LogP contribution is 2.19. The second-order valence-corrected chi connectivity index (χ2v) is 7.57. The number of rotatable bonds is 6. The number of hydrogen-bond acceptors (Lipinski definition) is 8. The quantitative estimate of drug-likeness (QED) is 0.677. The predicted octanol–water partition coefficient (Wildman–Crippen LogP) is 1.27. The normalized spacial score (nSPS) is 20.4. The molecule has 1 aliphatic heterocycles. The van der Waals surface area contributed by atoms with E-state index in [4.69, 9.17) is 4.52 Å². The maximum atomic E-state index is 12.5. The van der Waals surface area contributed by atoms with E-state index in [2.05, 4.69) is 30.7 Å². The highest BCUT2D eigenvalue weighted by Gasteiger charge is 2.30. The molecule has 1 fully saturated rings. The van der Waals surface area contributed by atoms with E-state index in [1.807, 2.05) is 27.7 Å². The molecule has 0 spiro atoms. The predicted molar refractivity (Wildman–Crippen MR) is 104 cm³/mol. The Hall–Kier alpha value is -2.52. The van der Waals surface area contributed by atoms with Gasteiger partial charge >= 0.3 is 0 Å². The lowest BCUT2D eigenvalue weighted by atomic mass is 10.0. The minimum Gasteiger partial charge on any atom is -0.390 e. The zero-order chi connectivity index (χ0) is 20.3. The minimum atomic E-state index is -0.652. The first kappa shape index (κ1) is 20.2. The van der Waals surface area contributed by atoms with Crippen LogP contribution in [0.3, 0.4) is 0 Å². The number of hydrogen-bond donors (Lipinski definition) is 3. The summed E-state index contributed by atoms with van der Waals surface area (Å²) < 4.78 is 5.20. The molecule has 3 heterocycles. The molecule has 1 amide bonds. The van der Waals surface area contributed by atoms with Crippen LogP contribution in [0.25, 0.3) is 0 Å². The highest BCUT2D eigenvalue weighted by molar-refractivity contribution is 5.93. The molecule has 3 N–H and O–H groups in total. The van der Waals surface area contributed by atoms with Crippen molar-refractivity contribution in [1.29, 1.82) is 0 Å². The summed E-state index contributed by atoms with van der Waals surface area (Å²) in [7, 11) is 0. The van der Waals surface area contributed by atoms with Gasteiger partial charge < -0.3 is 20.3 Å². The monoisotopic (exact) mass is 388 g/mol. The fourth-order valence-electron chi connectivity index (χ4n) is 3.29. The van der Waals surface area contributed by atoms with Gasteiger partial charge in [0.2, 0.25) is 5.95 Å². The highest BCUT2D eigenvalue weighted by atomic mass is 16.5. The first-order valence-corrected chi connectivity index (χ1v) is 9.55. The van der Waals surface area contributed by atoms with E-state index < -0.39 is 6.10 Å². The summed E-state index contributed by atoms with van der Waals surface area (Å²) in [5.74, 6) is 1.01. The number of aryl methyl sites for hydroxylation is 2. The SMILES string of the molecule is Cc1noc(C)c1CN1CC[C@@H](NC(=O)c2cnc(NC(C)C)nc2)[C@H](O)C1. The zero-order valence-electron chi connectivity index (χ0n) is 16.8. The van der Waals surface area contributed by atoms with Gasteiger partial charge in [-0.05, 0) is 34.1 Å². The number of carbonyl (C=O) groups is 1. The van der Waals surface area contributed by atoms with Crippen LogP contribution in [0.2, 0.25) is 0 Å². The number of aromatic nitrogens is 3. The molecule has 2 aromatic heterocycles. The van der Waals surface area contributed by atoms with Gasteiger partial charge in [-0.2, -0.15) is 0 Å². The van der Waals surface area contributed by atoms with Crippen molar-refractivity contribution >= 4 is 11.9 Å². The van der Waals surface area contributed by atoms with E-state index in [1.165, 1.54) is 12.4 Å². The van der Waals surface area contributed by atoms with Crippen molar-refractivity contribution in [3.05, 3.63) is 35.0 Å². The van der Waals surface area contributed by atoms with Crippen molar-refractivity contribution in [2.24, 2.45) is 0 Å². The second-order valence-electron chi connectivity index (χ2n) is 7.57. The van der Waals surface area contributed by atoms with Crippen LogP contribution in [-0.4, -0.2) is 62.3 Å². The van der Waals surface area contributed by atoms with Gasteiger partial charge in [-0.25, -0.2) is 9.97 Å². The molecule has 0 saturated carbocycles. The number of amides is 1. The lowest BCUT2D eigenvalue weighted by molar-refractivity contribution is 0.0347. The van der Waals surface area contributed by atoms with Crippen LogP contribution in [-0.2, 0) is 6.54 Å². The minimum absolute atomic E-state index is 0.213. The van der Waals surface area contributed by atoms with Crippen molar-refractivity contribution in [1.82, 2.24) is 25.3 Å². The Bertz CT molecular complexity index is 785. The Morgan fingerprint density at radius 1 is 1.36 bits per heavy atom. The van der Waals surface area contributed by atoms with Crippen LogP contribution in [0.1, 0.15) is 47.6 Å². The molecule has 1 aliphatic rings. The molecule has 0 aromatic carbocycles. The van der Waals surface area contributed by atoms with Crippen LogP contribution in [0, 0.1) is 13.8 Å². The van der Waals surface area contributed by atoms with Crippen LogP contribution in [0.5, 0.6) is 0 Å². The second kappa shape index (κ2) is 8.66. The number of likely N-dealkylation sites (tertiary alicyclic amines) is 1. The van der Waals surface area contributed by atoms with Crippen LogP contribution < -0.4 is 10.6 Å². The molecule has 152 valence electrons. The fraction of sp³-hybridized carbons (Fsp3) is 0.579. The van der Waals surface area contributed by atoms with Gasteiger partial charge in [0, 0.05) is 43.6 Å². The van der Waals surface area contributed by atoms with Crippen LogP contribution >= 0.6 is 0 Å². The molecular formula is C19H28N6O3. The van der Waals surface area contributed by atoms with Crippen molar-refractivity contribution in [3.8, 4) is 0 Å². The molecule has 0 aliphatic carbocycles. The molecular weight excluding hydrogens is 360 g/mol. The first-order chi connectivity index (χ1) is 13.3. The molecule has 0 unspecified atom stereocenters. The van der Waals surface area contributed by atoms with Gasteiger partial charge in [0.15, 0.2) is 0 Å². The Kier molecular flexibility index (Phi) is 6.25. The Balaban J connectivity index is 1.54. The molecule has 3 rings (SSSR count). The summed E-state index contributed by atoms with van der Waals surface area (Å²) >= 11 is 0. The molecule has 2 atom stereocenters. The van der Waals surface area contributed by atoms with Crippen LogP contribution in [0.4, 0.5) is 5.95 Å². The molecule has 28 heavy (non-hydrogen) atoms. The largest absolute Gasteiger partial charge is 0.390 e. The maximum Gasteiger partial charge on any atom is 0.254 e. The van der Waals surface area contributed by atoms with Gasteiger partial charge in [-0.15, -0.1) is 0 Å². The van der Waals surface area contributed by atoms with E-state index >= 15 is 0 Å². The van der Waals surface area contributed by atoms with Gasteiger partial charge in [0.05, 0.1) is 23.4 Å². The van der Waals surface area contributed by atoms with Gasteiger partial charge in [0.25, 0.3) is 5.91 Å². The average Bonchev–Trinajstić information content (AvgIpc) is 2.96. The summed E-state index contributed by atoms with van der Waals surface area (Å²) in [6.45, 7) is 9.70. The van der Waals surface area contributed by atoms with E-state index in [0.717, 1.165) is 23.6 Å². The topological polar surface area (TPSA) is 116 Å². The average molecular weight is 388 g/mol. The molecule has 9 heteroatoms. The molecule has 1 saturated heterocycles. The Morgan fingerprint density at radius 3 is 2.64 bits per heavy atom. The van der Waals surface area contributed by atoms with Crippen molar-refractivity contribution in [2.75, 3.05) is 18.4 Å². The molecule has 0 bridgehead atoms. The number of carbonyl (C=O) groups excluding carboxylic acids is 1. The third kappa shape index (κ3) is 4.85. The number of nitrogens with one attached hydrogen (secondary N) is 2. The summed E-state index contributed by atoms with van der Waals surface area (Å²) in [5, 5.41) is 20.5. The Morgan fingerprint density at radius 2 is 2.07 bits per heavy atom. The van der Waals surface area contributed by atoms with Gasteiger partial charge in [0.1, 0.15) is 5.76 Å².